The number of carboxylic acid groups (broad SMARTS) is 1. The molecule has 0 aliphatic rings. The second kappa shape index (κ2) is 8.56. The normalized spacial score (nSPS) is 13.4. The Morgan fingerprint density at radius 3 is 2.48 bits per heavy atom. The maximum Gasteiger partial charge on any atom is 0.326 e. The predicted octanol–water partition coefficient (Wildman–Crippen LogP) is 2.08. The van der Waals surface area contributed by atoms with Crippen molar-refractivity contribution >= 4 is 29.3 Å². The lowest BCUT2D eigenvalue weighted by Gasteiger charge is -2.16. The summed E-state index contributed by atoms with van der Waals surface area (Å²) in [4.78, 5) is 23.1. The van der Waals surface area contributed by atoms with E-state index in [1.54, 1.807) is 23.9 Å². The molecule has 0 heterocycles. The molecule has 0 aromatic heterocycles. The van der Waals surface area contributed by atoms with Gasteiger partial charge in [-0.2, -0.15) is 11.8 Å². The van der Waals surface area contributed by atoms with E-state index in [0.717, 1.165) is 5.56 Å². The average molecular weight is 310 g/mol. The Hall–Kier alpha value is -1.69. The topological polar surface area (TPSA) is 92.4 Å². The molecule has 21 heavy (non-hydrogen) atoms. The number of hydrogen-bond acceptors (Lipinski definition) is 4. The predicted molar refractivity (Wildman–Crippen MR) is 86.5 cm³/mol. The van der Waals surface area contributed by atoms with Crippen LogP contribution in [-0.2, 0) is 9.59 Å². The molecule has 0 bridgehead atoms. The number of rotatable bonds is 8. The summed E-state index contributed by atoms with van der Waals surface area (Å²) in [5.74, 6) is -0.518. The number of nitrogens with two attached hydrogens (primary N) is 1. The van der Waals surface area contributed by atoms with E-state index in [1.807, 2.05) is 25.3 Å². The van der Waals surface area contributed by atoms with Crippen molar-refractivity contribution in [3.05, 3.63) is 29.8 Å². The zero-order valence-electron chi connectivity index (χ0n) is 12.3. The van der Waals surface area contributed by atoms with Gasteiger partial charge in [-0.25, -0.2) is 4.79 Å². The van der Waals surface area contributed by atoms with Gasteiger partial charge in [0, 0.05) is 12.1 Å². The van der Waals surface area contributed by atoms with Gasteiger partial charge in [0.25, 0.3) is 0 Å². The zero-order valence-corrected chi connectivity index (χ0v) is 13.2. The van der Waals surface area contributed by atoms with Gasteiger partial charge in [0.05, 0.1) is 0 Å². The van der Waals surface area contributed by atoms with Crippen LogP contribution in [0.2, 0.25) is 0 Å². The Balaban J connectivity index is 2.54. The number of nitrogen functional groups attached to an aromatic ring is 1. The number of amides is 1. The third-order valence-electron chi connectivity index (χ3n) is 3.24. The van der Waals surface area contributed by atoms with E-state index in [1.165, 1.54) is 0 Å². The van der Waals surface area contributed by atoms with Gasteiger partial charge >= 0.3 is 5.97 Å². The summed E-state index contributed by atoms with van der Waals surface area (Å²) in [5.41, 5.74) is 7.32. The maximum atomic E-state index is 12.0. The number of carboxylic acids is 1. The Morgan fingerprint density at radius 2 is 1.95 bits per heavy atom. The molecule has 4 N–H and O–H groups in total. The number of nitrogens with one attached hydrogen (secondary N) is 1. The van der Waals surface area contributed by atoms with Crippen molar-refractivity contribution in [3.8, 4) is 0 Å². The minimum atomic E-state index is -0.988. The van der Waals surface area contributed by atoms with Gasteiger partial charge in [0.2, 0.25) is 5.91 Å². The lowest BCUT2D eigenvalue weighted by molar-refractivity contribution is -0.141. The van der Waals surface area contributed by atoms with Crippen LogP contribution in [-0.4, -0.2) is 35.0 Å². The molecule has 1 amide bonds. The molecular weight excluding hydrogens is 288 g/mol. The van der Waals surface area contributed by atoms with Gasteiger partial charge < -0.3 is 16.2 Å². The number of hydrogen-bond donors (Lipinski definition) is 3. The first-order valence-electron chi connectivity index (χ1n) is 6.80. The highest BCUT2D eigenvalue weighted by atomic mass is 32.2. The van der Waals surface area contributed by atoms with E-state index in [4.69, 9.17) is 10.8 Å². The van der Waals surface area contributed by atoms with Crippen LogP contribution in [0.4, 0.5) is 5.69 Å². The van der Waals surface area contributed by atoms with Crippen molar-refractivity contribution in [3.63, 3.8) is 0 Å². The van der Waals surface area contributed by atoms with Gasteiger partial charge in [0.15, 0.2) is 0 Å². The molecular formula is C15H22N2O3S. The van der Waals surface area contributed by atoms with Crippen molar-refractivity contribution in [1.29, 1.82) is 0 Å². The molecule has 0 aliphatic heterocycles. The van der Waals surface area contributed by atoms with Gasteiger partial charge in [-0.1, -0.05) is 19.1 Å². The third kappa shape index (κ3) is 6.08. The van der Waals surface area contributed by atoms with Crippen LogP contribution in [0.25, 0.3) is 0 Å². The van der Waals surface area contributed by atoms with Gasteiger partial charge in [0.1, 0.15) is 6.04 Å². The molecule has 0 saturated heterocycles. The minimum Gasteiger partial charge on any atom is -0.480 e. The number of thioether (sulfide) groups is 1. The molecule has 0 fully saturated rings. The quantitative estimate of drug-likeness (QED) is 0.639. The first kappa shape index (κ1) is 17.4. The van der Waals surface area contributed by atoms with E-state index in [0.29, 0.717) is 17.9 Å². The summed E-state index contributed by atoms with van der Waals surface area (Å²) in [6.45, 7) is 1.93. The highest BCUT2D eigenvalue weighted by Gasteiger charge is 2.20. The van der Waals surface area contributed by atoms with E-state index in [9.17, 15) is 9.59 Å². The Kier molecular flexibility index (Phi) is 7.08. The first-order valence-corrected chi connectivity index (χ1v) is 8.20. The molecule has 1 aromatic carbocycles. The van der Waals surface area contributed by atoms with Crippen molar-refractivity contribution < 1.29 is 14.7 Å². The first-order chi connectivity index (χ1) is 9.93. The monoisotopic (exact) mass is 310 g/mol. The van der Waals surface area contributed by atoms with E-state index >= 15 is 0 Å². The summed E-state index contributed by atoms with van der Waals surface area (Å²) in [6, 6.07) is 6.54. The van der Waals surface area contributed by atoms with Crippen molar-refractivity contribution in [2.24, 2.45) is 0 Å². The van der Waals surface area contributed by atoms with Crippen molar-refractivity contribution in [1.82, 2.24) is 5.32 Å². The van der Waals surface area contributed by atoms with E-state index in [-0.39, 0.29) is 18.2 Å². The van der Waals surface area contributed by atoms with Gasteiger partial charge in [-0.15, -0.1) is 0 Å². The molecule has 2 atom stereocenters. The van der Waals surface area contributed by atoms with Crippen LogP contribution >= 0.6 is 11.8 Å². The molecule has 0 aliphatic carbocycles. The molecule has 6 heteroatoms. The summed E-state index contributed by atoms with van der Waals surface area (Å²) >= 11 is 1.56. The van der Waals surface area contributed by atoms with Crippen LogP contribution < -0.4 is 11.1 Å². The summed E-state index contributed by atoms with van der Waals surface area (Å²) in [7, 11) is 0. The standard InChI is InChI=1S/C15H22N2O3S/c1-10(11-3-5-12(16)6-4-11)9-14(18)17-13(15(19)20)7-8-21-2/h3-6,10,13H,7-9,16H2,1-2H3,(H,17,18)(H,19,20)/t10?,13-/m1/s1. The van der Waals surface area contributed by atoms with Crippen molar-refractivity contribution in [2.75, 3.05) is 17.7 Å². The number of aliphatic carboxylic acids is 1. The van der Waals surface area contributed by atoms with Crippen LogP contribution in [0.15, 0.2) is 24.3 Å². The summed E-state index contributed by atoms with van der Waals surface area (Å²) in [6.07, 6.45) is 2.59. The molecule has 1 aromatic rings. The second-order valence-electron chi connectivity index (χ2n) is 5.01. The average Bonchev–Trinajstić information content (AvgIpc) is 2.43. The van der Waals surface area contributed by atoms with Gasteiger partial charge in [-0.05, 0) is 42.0 Å². The van der Waals surface area contributed by atoms with E-state index in [2.05, 4.69) is 5.32 Å². The Labute approximate surface area is 129 Å². The fourth-order valence-electron chi connectivity index (χ4n) is 1.97. The number of anilines is 1. The van der Waals surface area contributed by atoms with Crippen LogP contribution in [0.1, 0.15) is 31.2 Å². The molecule has 116 valence electrons. The Morgan fingerprint density at radius 1 is 1.33 bits per heavy atom. The molecule has 0 saturated carbocycles. The minimum absolute atomic E-state index is 0.0144. The van der Waals surface area contributed by atoms with Crippen LogP contribution in [0.3, 0.4) is 0 Å². The maximum absolute atomic E-state index is 12.0. The number of carbonyl (C=O) groups is 2. The van der Waals surface area contributed by atoms with E-state index < -0.39 is 12.0 Å². The van der Waals surface area contributed by atoms with Crippen molar-refractivity contribution in [2.45, 2.75) is 31.7 Å². The fraction of sp³-hybridized carbons (Fsp3) is 0.467. The SMILES string of the molecule is CSCC[C@@H](NC(=O)CC(C)c1ccc(N)cc1)C(=O)O. The van der Waals surface area contributed by atoms with Crippen LogP contribution in [0, 0.1) is 0 Å². The van der Waals surface area contributed by atoms with Crippen LogP contribution in [0.5, 0.6) is 0 Å². The third-order valence-corrected chi connectivity index (χ3v) is 3.88. The number of carbonyl (C=O) groups excluding carboxylic acids is 1. The zero-order chi connectivity index (χ0) is 15.8. The smallest absolute Gasteiger partial charge is 0.326 e. The highest BCUT2D eigenvalue weighted by Crippen LogP contribution is 2.20. The Bertz CT molecular complexity index is 476. The summed E-state index contributed by atoms with van der Waals surface area (Å²) in [5, 5.41) is 11.7. The molecule has 1 rings (SSSR count). The molecule has 1 unspecified atom stereocenters. The second-order valence-corrected chi connectivity index (χ2v) is 6.00. The molecule has 5 nitrogen and oxygen atoms in total. The lowest BCUT2D eigenvalue weighted by atomic mass is 9.97. The highest BCUT2D eigenvalue weighted by molar-refractivity contribution is 7.98. The molecule has 0 spiro atoms. The van der Waals surface area contributed by atoms with Gasteiger partial charge in [-0.3, -0.25) is 4.79 Å². The fourth-order valence-corrected chi connectivity index (χ4v) is 2.44. The molecule has 0 radical (unpaired) electrons. The largest absolute Gasteiger partial charge is 0.480 e. The number of benzene rings is 1. The summed E-state index contributed by atoms with van der Waals surface area (Å²) < 4.78 is 0. The lowest BCUT2D eigenvalue weighted by Crippen LogP contribution is -2.41.